The molecule has 24 heavy (non-hydrogen) atoms. The van der Waals surface area contributed by atoms with Crippen molar-refractivity contribution in [3.05, 3.63) is 23.8 Å². The van der Waals surface area contributed by atoms with Crippen molar-refractivity contribution in [1.82, 2.24) is 19.5 Å². The fourth-order valence-electron chi connectivity index (χ4n) is 2.77. The molecule has 0 spiro atoms. The molecule has 1 aliphatic rings. The molecule has 9 heteroatoms. The molecule has 3 rings (SSSR count). The van der Waals surface area contributed by atoms with Gasteiger partial charge in [0.1, 0.15) is 11.4 Å². The number of hydrogen-bond acceptors (Lipinski definition) is 6. The van der Waals surface area contributed by atoms with Gasteiger partial charge in [-0.3, -0.25) is 15.1 Å². The first-order valence-electron chi connectivity index (χ1n) is 7.72. The highest BCUT2D eigenvalue weighted by molar-refractivity contribution is 6.06. The Morgan fingerprint density at radius 2 is 2.25 bits per heavy atom. The molecule has 1 aliphatic heterocycles. The van der Waals surface area contributed by atoms with Gasteiger partial charge < -0.3 is 21.2 Å². The van der Waals surface area contributed by atoms with E-state index in [1.54, 1.807) is 30.1 Å². The molecule has 5 N–H and O–H groups in total. The van der Waals surface area contributed by atoms with Crippen LogP contribution < -0.4 is 11.1 Å². The minimum atomic E-state index is -0.127. The zero-order valence-electron chi connectivity index (χ0n) is 13.5. The van der Waals surface area contributed by atoms with Crippen LogP contribution in [-0.2, 0) is 4.79 Å². The molecule has 2 heterocycles. The van der Waals surface area contributed by atoms with E-state index >= 15 is 0 Å². The largest absolute Gasteiger partial charge is 0.425 e. The number of imidazole rings is 1. The van der Waals surface area contributed by atoms with E-state index in [0.29, 0.717) is 42.2 Å². The highest BCUT2D eigenvalue weighted by Crippen LogP contribution is 2.21. The molecule has 1 aromatic carbocycles. The van der Waals surface area contributed by atoms with E-state index in [4.69, 9.17) is 11.1 Å². The number of para-hydroxylation sites is 1. The first kappa shape index (κ1) is 16.1. The average Bonchev–Trinajstić information content (AvgIpc) is 2.87. The number of nitrogens with two attached hydrogens (primary N) is 1. The number of anilines is 1. The van der Waals surface area contributed by atoms with Gasteiger partial charge in [-0.05, 0) is 12.1 Å². The van der Waals surface area contributed by atoms with Crippen LogP contribution in [0.1, 0.15) is 5.56 Å². The number of nitrogens with zero attached hydrogens (tertiary/aromatic N) is 4. The van der Waals surface area contributed by atoms with Gasteiger partial charge in [-0.15, -0.1) is 4.73 Å². The maximum absolute atomic E-state index is 11.7. The van der Waals surface area contributed by atoms with Crippen LogP contribution in [0.2, 0.25) is 0 Å². The summed E-state index contributed by atoms with van der Waals surface area (Å²) in [7, 11) is 1.80. The number of fused-ring (bicyclic) bond motifs is 1. The van der Waals surface area contributed by atoms with Gasteiger partial charge in [0.15, 0.2) is 0 Å². The van der Waals surface area contributed by atoms with Crippen LogP contribution >= 0.6 is 0 Å². The van der Waals surface area contributed by atoms with E-state index in [2.05, 4.69) is 15.2 Å². The minimum absolute atomic E-state index is 0.113. The van der Waals surface area contributed by atoms with E-state index < -0.39 is 0 Å². The van der Waals surface area contributed by atoms with Crippen molar-refractivity contribution < 1.29 is 10.0 Å². The molecule has 0 bridgehead atoms. The van der Waals surface area contributed by atoms with E-state index in [-0.39, 0.29) is 11.7 Å². The molecule has 0 unspecified atom stereocenters. The van der Waals surface area contributed by atoms with Crippen LogP contribution in [0.3, 0.4) is 0 Å². The Morgan fingerprint density at radius 3 is 2.96 bits per heavy atom. The maximum atomic E-state index is 11.7. The van der Waals surface area contributed by atoms with Gasteiger partial charge in [-0.25, -0.2) is 4.98 Å². The zero-order chi connectivity index (χ0) is 17.3. The minimum Gasteiger partial charge on any atom is -0.425 e. The van der Waals surface area contributed by atoms with Gasteiger partial charge in [0.25, 0.3) is 0 Å². The Balaban J connectivity index is 1.68. The third kappa shape index (κ3) is 2.98. The van der Waals surface area contributed by atoms with Crippen LogP contribution in [0.4, 0.5) is 5.95 Å². The molecular weight excluding hydrogens is 310 g/mol. The van der Waals surface area contributed by atoms with Gasteiger partial charge in [0.2, 0.25) is 11.9 Å². The molecule has 1 aromatic heterocycles. The van der Waals surface area contributed by atoms with Gasteiger partial charge in [-0.2, -0.15) is 0 Å². The predicted octanol–water partition coefficient (Wildman–Crippen LogP) is -0.256. The SMILES string of the molecule is CN1CCN(CCNc2nc3cccc(C(=N)N)c3n2O)CC1=O. The van der Waals surface area contributed by atoms with E-state index in [1.165, 1.54) is 0 Å². The number of likely N-dealkylation sites (N-methyl/N-ethyl adjacent to an activating group) is 1. The van der Waals surface area contributed by atoms with Crippen molar-refractivity contribution in [1.29, 1.82) is 5.41 Å². The van der Waals surface area contributed by atoms with Crippen LogP contribution in [0.15, 0.2) is 18.2 Å². The molecule has 1 saturated heterocycles. The normalized spacial score (nSPS) is 15.9. The third-order valence-corrected chi connectivity index (χ3v) is 4.19. The van der Waals surface area contributed by atoms with Crippen LogP contribution in [0.25, 0.3) is 11.0 Å². The van der Waals surface area contributed by atoms with Crippen LogP contribution in [-0.4, -0.2) is 76.2 Å². The van der Waals surface area contributed by atoms with Gasteiger partial charge in [0.05, 0.1) is 12.1 Å². The summed E-state index contributed by atoms with van der Waals surface area (Å²) in [5, 5.41) is 21.0. The summed E-state index contributed by atoms with van der Waals surface area (Å²) >= 11 is 0. The van der Waals surface area contributed by atoms with Gasteiger partial charge in [0, 0.05) is 38.8 Å². The number of amides is 1. The summed E-state index contributed by atoms with van der Waals surface area (Å²) in [5.74, 6) is 0.277. The number of nitrogens with one attached hydrogen (secondary N) is 2. The molecule has 9 nitrogen and oxygen atoms in total. The number of amidine groups is 1. The van der Waals surface area contributed by atoms with Crippen LogP contribution in [0, 0.1) is 5.41 Å². The lowest BCUT2D eigenvalue weighted by molar-refractivity contribution is -0.134. The smallest absolute Gasteiger partial charge is 0.237 e. The highest BCUT2D eigenvalue weighted by atomic mass is 16.5. The Kier molecular flexibility index (Phi) is 4.26. The van der Waals surface area contributed by atoms with E-state index in [0.717, 1.165) is 17.8 Å². The number of carbonyl (C=O) groups is 1. The molecule has 0 radical (unpaired) electrons. The molecule has 0 saturated carbocycles. The van der Waals surface area contributed by atoms with Gasteiger partial charge in [-0.1, -0.05) is 6.07 Å². The van der Waals surface area contributed by atoms with Crippen molar-refractivity contribution in [2.45, 2.75) is 0 Å². The first-order valence-corrected chi connectivity index (χ1v) is 7.72. The third-order valence-electron chi connectivity index (χ3n) is 4.19. The zero-order valence-corrected chi connectivity index (χ0v) is 13.5. The molecule has 128 valence electrons. The fraction of sp³-hybridized carbons (Fsp3) is 0.400. The van der Waals surface area contributed by atoms with Crippen molar-refractivity contribution in [3.8, 4) is 0 Å². The van der Waals surface area contributed by atoms with Crippen molar-refractivity contribution in [2.24, 2.45) is 5.73 Å². The summed E-state index contributed by atoms with van der Waals surface area (Å²) in [6.45, 7) is 3.16. The van der Waals surface area contributed by atoms with Crippen LogP contribution in [0.5, 0.6) is 0 Å². The average molecular weight is 331 g/mol. The number of aromatic nitrogens is 2. The topological polar surface area (TPSA) is 124 Å². The Hall–Kier alpha value is -2.81. The number of nitrogen functional groups attached to an aromatic ring is 1. The fourth-order valence-corrected chi connectivity index (χ4v) is 2.77. The summed E-state index contributed by atoms with van der Waals surface area (Å²) < 4.78 is 0.918. The Bertz CT molecular complexity index is 785. The molecule has 0 aliphatic carbocycles. The van der Waals surface area contributed by atoms with Crippen molar-refractivity contribution in [3.63, 3.8) is 0 Å². The van der Waals surface area contributed by atoms with E-state index in [1.807, 2.05) is 0 Å². The number of piperazine rings is 1. The summed E-state index contributed by atoms with van der Waals surface area (Å²) in [6.07, 6.45) is 0. The number of benzene rings is 1. The Labute approximate surface area is 139 Å². The predicted molar refractivity (Wildman–Crippen MR) is 90.5 cm³/mol. The lowest BCUT2D eigenvalue weighted by atomic mass is 10.2. The van der Waals surface area contributed by atoms with Gasteiger partial charge >= 0.3 is 0 Å². The molecule has 1 amide bonds. The number of rotatable bonds is 5. The highest BCUT2D eigenvalue weighted by Gasteiger charge is 2.20. The molecular formula is C15H21N7O2. The molecule has 2 aromatic rings. The maximum Gasteiger partial charge on any atom is 0.237 e. The number of hydrogen-bond donors (Lipinski definition) is 4. The second-order valence-electron chi connectivity index (χ2n) is 5.85. The summed E-state index contributed by atoms with van der Waals surface area (Å²) in [4.78, 5) is 19.8. The van der Waals surface area contributed by atoms with Crippen molar-refractivity contribution in [2.75, 3.05) is 45.1 Å². The van der Waals surface area contributed by atoms with Crippen molar-refractivity contribution >= 4 is 28.7 Å². The molecule has 0 atom stereocenters. The number of carbonyl (C=O) groups excluding carboxylic acids is 1. The van der Waals surface area contributed by atoms with E-state index in [9.17, 15) is 10.0 Å². The summed E-state index contributed by atoms with van der Waals surface area (Å²) in [5.41, 5.74) is 6.94. The first-order chi connectivity index (χ1) is 11.5. The molecule has 1 fully saturated rings. The second-order valence-corrected chi connectivity index (χ2v) is 5.85. The monoisotopic (exact) mass is 331 g/mol. The Morgan fingerprint density at radius 1 is 1.46 bits per heavy atom. The lowest BCUT2D eigenvalue weighted by Crippen LogP contribution is -2.49. The lowest BCUT2D eigenvalue weighted by Gasteiger charge is -2.31. The second kappa shape index (κ2) is 6.36. The quantitative estimate of drug-likeness (QED) is 0.340. The summed E-state index contributed by atoms with van der Waals surface area (Å²) in [6, 6.07) is 5.16. The standard InChI is InChI=1S/C15H21N7O2/c1-20-7-8-21(9-12(20)23)6-5-18-15-19-11-4-2-3-10(14(16)17)13(11)22(15)24/h2-4,24H,5-9H2,1H3,(H3,16,17)(H,18,19).